The maximum atomic E-state index is 12.5. The minimum atomic E-state index is -0.287. The fraction of sp³-hybridized carbons (Fsp3) is 0.0476. The van der Waals surface area contributed by atoms with Gasteiger partial charge in [-0.15, -0.1) is 22.7 Å². The quantitative estimate of drug-likeness (QED) is 0.468. The van der Waals surface area contributed by atoms with Crippen LogP contribution in [-0.4, -0.2) is 21.8 Å². The number of amides is 2. The summed E-state index contributed by atoms with van der Waals surface area (Å²) in [5, 5.41) is 10.5. The van der Waals surface area contributed by atoms with Crippen molar-refractivity contribution < 1.29 is 9.59 Å². The van der Waals surface area contributed by atoms with Gasteiger partial charge in [0.15, 0.2) is 5.13 Å². The topological polar surface area (TPSA) is 84.0 Å². The normalized spacial score (nSPS) is 10.5. The first-order chi connectivity index (χ1) is 14.1. The van der Waals surface area contributed by atoms with Gasteiger partial charge < -0.3 is 5.32 Å². The van der Waals surface area contributed by atoms with Crippen molar-refractivity contribution in [1.82, 2.24) is 9.97 Å². The monoisotopic (exact) mass is 420 g/mol. The Morgan fingerprint density at radius 3 is 2.31 bits per heavy atom. The Morgan fingerprint density at radius 2 is 1.59 bits per heavy atom. The van der Waals surface area contributed by atoms with E-state index in [-0.39, 0.29) is 11.8 Å². The highest BCUT2D eigenvalue weighted by molar-refractivity contribution is 7.14. The smallest absolute Gasteiger partial charge is 0.276 e. The molecule has 2 heterocycles. The summed E-state index contributed by atoms with van der Waals surface area (Å²) in [7, 11) is 0. The van der Waals surface area contributed by atoms with Crippen LogP contribution in [0.1, 0.15) is 17.4 Å². The zero-order valence-corrected chi connectivity index (χ0v) is 17.0. The molecule has 0 saturated heterocycles. The van der Waals surface area contributed by atoms with Crippen LogP contribution in [0.15, 0.2) is 65.4 Å². The van der Waals surface area contributed by atoms with Crippen LogP contribution in [0.25, 0.3) is 21.8 Å². The van der Waals surface area contributed by atoms with Gasteiger partial charge in [0.2, 0.25) is 5.91 Å². The van der Waals surface area contributed by atoms with Gasteiger partial charge in [0.25, 0.3) is 5.91 Å². The lowest BCUT2D eigenvalue weighted by atomic mass is 10.1. The molecule has 0 fully saturated rings. The molecule has 0 aliphatic carbocycles. The molecule has 2 amide bonds. The van der Waals surface area contributed by atoms with E-state index in [9.17, 15) is 9.59 Å². The third-order valence-electron chi connectivity index (χ3n) is 3.98. The minimum absolute atomic E-state index is 0.117. The van der Waals surface area contributed by atoms with Gasteiger partial charge >= 0.3 is 0 Å². The molecule has 0 aliphatic heterocycles. The fourth-order valence-electron chi connectivity index (χ4n) is 2.64. The first-order valence-corrected chi connectivity index (χ1v) is 10.5. The number of anilines is 2. The highest BCUT2D eigenvalue weighted by Gasteiger charge is 2.14. The number of benzene rings is 2. The molecule has 144 valence electrons. The molecule has 2 aromatic heterocycles. The van der Waals surface area contributed by atoms with Gasteiger partial charge in [0.1, 0.15) is 10.7 Å². The Kier molecular flexibility index (Phi) is 5.46. The Hall–Kier alpha value is -3.36. The van der Waals surface area contributed by atoms with E-state index in [0.717, 1.165) is 27.5 Å². The lowest BCUT2D eigenvalue weighted by Crippen LogP contribution is -2.12. The summed E-state index contributed by atoms with van der Waals surface area (Å²) in [5.41, 5.74) is 3.72. The number of nitrogens with zero attached hydrogens (tertiary/aromatic N) is 2. The maximum absolute atomic E-state index is 12.5. The molecule has 0 bridgehead atoms. The van der Waals surface area contributed by atoms with Crippen LogP contribution in [0.5, 0.6) is 0 Å². The average Bonchev–Trinajstić information content (AvgIpc) is 3.39. The molecule has 0 spiro atoms. The molecule has 2 aromatic carbocycles. The second-order valence-corrected chi connectivity index (χ2v) is 7.87. The lowest BCUT2D eigenvalue weighted by molar-refractivity contribution is -0.114. The molecule has 6 nitrogen and oxygen atoms in total. The van der Waals surface area contributed by atoms with E-state index < -0.39 is 0 Å². The molecule has 0 radical (unpaired) electrons. The van der Waals surface area contributed by atoms with Crippen LogP contribution in [0.4, 0.5) is 10.8 Å². The second-order valence-electron chi connectivity index (χ2n) is 6.15. The minimum Gasteiger partial charge on any atom is -0.326 e. The second kappa shape index (κ2) is 8.34. The number of carbonyl (C=O) groups is 2. The standard InChI is InChI=1S/C21H16N4O2S2/c1-13(26)22-16-9-7-14(8-10-16)17-11-29-21(24-17)25-19(27)18-12-28-20(23-18)15-5-3-2-4-6-15/h2-12H,1H3,(H,22,26)(H,24,25,27). The average molecular weight is 421 g/mol. The molecule has 0 saturated carbocycles. The number of carbonyl (C=O) groups excluding carboxylic acids is 2. The van der Waals surface area contributed by atoms with Gasteiger partial charge in [-0.3, -0.25) is 14.9 Å². The Morgan fingerprint density at radius 1 is 0.828 bits per heavy atom. The van der Waals surface area contributed by atoms with Gasteiger partial charge in [-0.2, -0.15) is 0 Å². The zero-order valence-electron chi connectivity index (χ0n) is 15.4. The first-order valence-electron chi connectivity index (χ1n) is 8.74. The molecule has 0 unspecified atom stereocenters. The van der Waals surface area contributed by atoms with E-state index in [0.29, 0.717) is 10.8 Å². The van der Waals surface area contributed by atoms with Gasteiger partial charge in [0.05, 0.1) is 5.69 Å². The summed E-state index contributed by atoms with van der Waals surface area (Å²) in [6.07, 6.45) is 0. The fourth-order valence-corrected chi connectivity index (χ4v) is 4.16. The van der Waals surface area contributed by atoms with Gasteiger partial charge in [-0.05, 0) is 12.1 Å². The number of rotatable bonds is 5. The Balaban J connectivity index is 1.44. The van der Waals surface area contributed by atoms with Crippen LogP contribution >= 0.6 is 22.7 Å². The van der Waals surface area contributed by atoms with E-state index >= 15 is 0 Å². The Labute approximate surface area is 175 Å². The van der Waals surface area contributed by atoms with Crippen LogP contribution in [0.2, 0.25) is 0 Å². The van der Waals surface area contributed by atoms with Gasteiger partial charge in [-0.1, -0.05) is 42.5 Å². The molecule has 29 heavy (non-hydrogen) atoms. The lowest BCUT2D eigenvalue weighted by Gasteiger charge is -2.02. The van der Waals surface area contributed by atoms with Crippen molar-refractivity contribution in [3.63, 3.8) is 0 Å². The highest BCUT2D eigenvalue weighted by atomic mass is 32.1. The summed E-state index contributed by atoms with van der Waals surface area (Å²) >= 11 is 2.78. The van der Waals surface area contributed by atoms with E-state index in [1.807, 2.05) is 60.0 Å². The molecule has 4 rings (SSSR count). The van der Waals surface area contributed by atoms with E-state index in [1.165, 1.54) is 29.6 Å². The predicted molar refractivity (Wildman–Crippen MR) is 117 cm³/mol. The molecule has 0 atom stereocenters. The van der Waals surface area contributed by atoms with Gasteiger partial charge in [0, 0.05) is 34.5 Å². The molecular formula is C21H16N4O2S2. The van der Waals surface area contributed by atoms with Crippen molar-refractivity contribution in [1.29, 1.82) is 0 Å². The number of hydrogen-bond acceptors (Lipinski definition) is 6. The summed E-state index contributed by atoms with van der Waals surface area (Å²) in [6.45, 7) is 1.47. The summed E-state index contributed by atoms with van der Waals surface area (Å²) < 4.78 is 0. The van der Waals surface area contributed by atoms with E-state index in [1.54, 1.807) is 5.38 Å². The Bertz CT molecular complexity index is 1150. The highest BCUT2D eigenvalue weighted by Crippen LogP contribution is 2.27. The van der Waals surface area contributed by atoms with Crippen LogP contribution in [0.3, 0.4) is 0 Å². The van der Waals surface area contributed by atoms with Crippen molar-refractivity contribution >= 4 is 45.3 Å². The summed E-state index contributed by atoms with van der Waals surface area (Å²) in [6, 6.07) is 17.1. The van der Waals surface area contributed by atoms with Crippen LogP contribution in [0, 0.1) is 0 Å². The van der Waals surface area contributed by atoms with Crippen LogP contribution in [-0.2, 0) is 4.79 Å². The van der Waals surface area contributed by atoms with E-state index in [4.69, 9.17) is 0 Å². The van der Waals surface area contributed by atoms with Crippen molar-refractivity contribution in [2.45, 2.75) is 6.92 Å². The van der Waals surface area contributed by atoms with Gasteiger partial charge in [-0.25, -0.2) is 9.97 Å². The van der Waals surface area contributed by atoms with Crippen molar-refractivity contribution in [2.75, 3.05) is 10.6 Å². The number of thiazole rings is 2. The largest absolute Gasteiger partial charge is 0.326 e. The number of hydrogen-bond donors (Lipinski definition) is 2. The maximum Gasteiger partial charge on any atom is 0.276 e. The van der Waals surface area contributed by atoms with Crippen molar-refractivity contribution in [3.8, 4) is 21.8 Å². The van der Waals surface area contributed by atoms with Crippen molar-refractivity contribution in [2.24, 2.45) is 0 Å². The molecule has 0 aliphatic rings. The van der Waals surface area contributed by atoms with E-state index in [2.05, 4.69) is 20.6 Å². The SMILES string of the molecule is CC(=O)Nc1ccc(-c2csc(NC(=O)c3csc(-c4ccccc4)n3)n2)cc1. The molecular weight excluding hydrogens is 404 g/mol. The molecule has 4 aromatic rings. The number of aromatic nitrogens is 2. The third-order valence-corrected chi connectivity index (χ3v) is 5.63. The third kappa shape index (κ3) is 4.56. The predicted octanol–water partition coefficient (Wildman–Crippen LogP) is 5.14. The zero-order chi connectivity index (χ0) is 20.2. The van der Waals surface area contributed by atoms with Crippen LogP contribution < -0.4 is 10.6 Å². The first kappa shape index (κ1) is 19.0. The summed E-state index contributed by atoms with van der Waals surface area (Å²) in [4.78, 5) is 32.5. The molecule has 2 N–H and O–H groups in total. The summed E-state index contributed by atoms with van der Waals surface area (Å²) in [5.74, 6) is -0.404. The molecule has 8 heteroatoms. The van der Waals surface area contributed by atoms with Crippen molar-refractivity contribution in [3.05, 3.63) is 71.1 Å². The number of nitrogens with one attached hydrogen (secondary N) is 2.